The number of aliphatic hydroxyl groups is 1. The van der Waals surface area contributed by atoms with Gasteiger partial charge in [0.05, 0.1) is 17.7 Å². The van der Waals surface area contributed by atoms with Gasteiger partial charge >= 0.3 is 19.1 Å². The molecule has 2 aromatic rings. The second kappa shape index (κ2) is 13.2. The summed E-state index contributed by atoms with van der Waals surface area (Å²) in [5.41, 5.74) is 1.46. The predicted octanol–water partition coefficient (Wildman–Crippen LogP) is 0.158. The largest absolute Gasteiger partial charge is 0.622 e. The van der Waals surface area contributed by atoms with Crippen molar-refractivity contribution in [1.29, 1.82) is 0 Å². The molecule has 2 amide bonds. The van der Waals surface area contributed by atoms with E-state index in [1.54, 1.807) is 24.1 Å². The van der Waals surface area contributed by atoms with Crippen LogP contribution in [0.4, 0.5) is 0 Å². The molecule has 0 spiro atoms. The van der Waals surface area contributed by atoms with Crippen molar-refractivity contribution in [2.45, 2.75) is 57.4 Å². The zero-order chi connectivity index (χ0) is 29.7. The van der Waals surface area contributed by atoms with Gasteiger partial charge in [0.2, 0.25) is 5.91 Å². The first-order valence-corrected chi connectivity index (χ1v) is 13.7. The molecule has 13 heteroatoms. The Balaban J connectivity index is 1.51. The molecule has 3 heterocycles. The van der Waals surface area contributed by atoms with Crippen molar-refractivity contribution < 1.29 is 33.6 Å². The summed E-state index contributed by atoms with van der Waals surface area (Å²) in [6, 6.07) is 11.5. The summed E-state index contributed by atoms with van der Waals surface area (Å²) in [6.45, 7) is 5.79. The molecule has 4 N–H and O–H groups in total. The highest BCUT2D eigenvalue weighted by molar-refractivity contribution is 6.51. The molecule has 0 saturated carbocycles. The van der Waals surface area contributed by atoms with Gasteiger partial charge < -0.3 is 30.4 Å². The van der Waals surface area contributed by atoms with Crippen LogP contribution in [-0.4, -0.2) is 96.2 Å². The highest BCUT2D eigenvalue weighted by Gasteiger charge is 2.48. The Morgan fingerprint density at radius 3 is 2.24 bits per heavy atom. The molecule has 218 valence electrons. The monoisotopic (exact) mass is 565 g/mol. The van der Waals surface area contributed by atoms with Crippen LogP contribution in [0.1, 0.15) is 37.7 Å². The lowest BCUT2D eigenvalue weighted by Gasteiger charge is -2.40. The third kappa shape index (κ3) is 7.29. The Morgan fingerprint density at radius 2 is 1.66 bits per heavy atom. The highest BCUT2D eigenvalue weighted by Crippen LogP contribution is 2.20. The first-order chi connectivity index (χ1) is 19.5. The number of piperazine rings is 1. The van der Waals surface area contributed by atoms with Crippen LogP contribution >= 0.6 is 0 Å². The molecule has 2 bridgehead atoms. The van der Waals surface area contributed by atoms with E-state index in [0.717, 1.165) is 5.56 Å². The summed E-state index contributed by atoms with van der Waals surface area (Å²) in [5.74, 6) is -3.48. The van der Waals surface area contributed by atoms with Crippen molar-refractivity contribution in [3.8, 4) is 11.3 Å². The van der Waals surface area contributed by atoms with E-state index in [0.29, 0.717) is 25.2 Å². The van der Waals surface area contributed by atoms with Gasteiger partial charge in [-0.05, 0) is 38.4 Å². The first-order valence-electron chi connectivity index (χ1n) is 13.7. The number of nitrogens with one attached hydrogen (secondary N) is 3. The number of hydrogen-bond acceptors (Lipinski definition) is 10. The van der Waals surface area contributed by atoms with Crippen LogP contribution in [0.25, 0.3) is 11.3 Å². The molecule has 1 aromatic heterocycles. The summed E-state index contributed by atoms with van der Waals surface area (Å²) < 4.78 is 11.2. The minimum Gasteiger partial charge on any atom is -0.497 e. The number of benzene rings is 1. The lowest BCUT2D eigenvalue weighted by Crippen LogP contribution is -2.66. The van der Waals surface area contributed by atoms with E-state index >= 15 is 0 Å². The predicted molar refractivity (Wildman–Crippen MR) is 150 cm³/mol. The number of nitrogens with zero attached hydrogens (tertiary/aromatic N) is 2. The molecule has 4 rings (SSSR count). The number of amides is 2. The van der Waals surface area contributed by atoms with E-state index in [4.69, 9.17) is 9.31 Å². The number of carbonyl (C=O) groups is 4. The molecular formula is C28H36BN5O7. The SMILES string of the molecule is CC(C)C[C@H](NC(=O)[C@@H](NC(=O)c1cccc(-c2ccccc2)n1)[C@@H](C)O)B1OC(=O)[C@@H]2CNC[C@@H](C(=O)O1)N2C. The summed E-state index contributed by atoms with van der Waals surface area (Å²) >= 11 is 0. The van der Waals surface area contributed by atoms with Crippen molar-refractivity contribution in [3.63, 3.8) is 0 Å². The zero-order valence-electron chi connectivity index (χ0n) is 23.6. The average Bonchev–Trinajstić information content (AvgIpc) is 2.94. The van der Waals surface area contributed by atoms with Gasteiger partial charge in [-0.2, -0.15) is 0 Å². The van der Waals surface area contributed by atoms with E-state index in [2.05, 4.69) is 20.9 Å². The molecular weight excluding hydrogens is 529 g/mol. The second-order valence-corrected chi connectivity index (χ2v) is 10.8. The fraction of sp³-hybridized carbons (Fsp3) is 0.464. The Morgan fingerprint density at radius 1 is 1.02 bits per heavy atom. The number of fused-ring (bicyclic) bond motifs is 2. The first kappa shape index (κ1) is 30.2. The van der Waals surface area contributed by atoms with Gasteiger partial charge in [-0.1, -0.05) is 50.2 Å². The molecule has 41 heavy (non-hydrogen) atoms. The van der Waals surface area contributed by atoms with Gasteiger partial charge in [-0.3, -0.25) is 24.1 Å². The second-order valence-electron chi connectivity index (χ2n) is 10.8. The number of carbonyl (C=O) groups excluding carboxylic acids is 4. The lowest BCUT2D eigenvalue weighted by atomic mass is 9.73. The number of rotatable bonds is 9. The summed E-state index contributed by atoms with van der Waals surface area (Å²) in [4.78, 5) is 58.5. The Hall–Kier alpha value is -3.81. The number of likely N-dealkylation sites (N-methyl/N-ethyl adjacent to an activating group) is 1. The molecule has 0 unspecified atom stereocenters. The molecule has 2 saturated heterocycles. The smallest absolute Gasteiger partial charge is 0.497 e. The van der Waals surface area contributed by atoms with E-state index < -0.39 is 61.0 Å². The van der Waals surface area contributed by atoms with Crippen molar-refractivity contribution in [1.82, 2.24) is 25.8 Å². The number of aliphatic hydroxyl groups excluding tert-OH is 1. The quantitative estimate of drug-likeness (QED) is 0.309. The summed E-state index contributed by atoms with van der Waals surface area (Å²) in [6.07, 6.45) is -0.987. The molecule has 1 aromatic carbocycles. The maximum absolute atomic E-state index is 13.4. The molecule has 2 aliphatic heterocycles. The van der Waals surface area contributed by atoms with Crippen molar-refractivity contribution in [2.24, 2.45) is 5.92 Å². The fourth-order valence-electron chi connectivity index (χ4n) is 4.91. The maximum Gasteiger partial charge on any atom is 0.622 e. The third-order valence-electron chi connectivity index (χ3n) is 7.15. The topological polar surface area (TPSA) is 159 Å². The highest BCUT2D eigenvalue weighted by atomic mass is 16.6. The van der Waals surface area contributed by atoms with Gasteiger partial charge in [-0.15, -0.1) is 0 Å². The van der Waals surface area contributed by atoms with E-state index in [9.17, 15) is 24.3 Å². The standard InChI is InChI=1S/C28H36BN5O7/c1-16(2)13-23(29-40-27(38)21-14-30-15-22(34(21)4)28(39)41-29)32-26(37)24(17(3)35)33-25(36)20-12-8-11-19(31-20)18-9-6-5-7-10-18/h5-12,16-17,21-24,30,35H,13-15H2,1-4H3,(H,32,37)(H,33,36)/t17-,21+,22+,23+,24+/m1/s1. The third-order valence-corrected chi connectivity index (χ3v) is 7.15. The fourth-order valence-corrected chi connectivity index (χ4v) is 4.91. The van der Waals surface area contributed by atoms with Gasteiger partial charge in [0.1, 0.15) is 23.8 Å². The van der Waals surface area contributed by atoms with E-state index in [-0.39, 0.29) is 11.6 Å². The van der Waals surface area contributed by atoms with Gasteiger partial charge in [0.25, 0.3) is 5.91 Å². The van der Waals surface area contributed by atoms with Crippen LogP contribution in [-0.2, 0) is 23.7 Å². The van der Waals surface area contributed by atoms with Crippen LogP contribution in [0, 0.1) is 5.92 Å². The van der Waals surface area contributed by atoms with Gasteiger partial charge in [-0.25, -0.2) is 4.98 Å². The molecule has 0 radical (unpaired) electrons. The Kier molecular flexibility index (Phi) is 9.74. The molecule has 12 nitrogen and oxygen atoms in total. The molecule has 0 aliphatic carbocycles. The van der Waals surface area contributed by atoms with Gasteiger partial charge in [0, 0.05) is 18.7 Å². The lowest BCUT2D eigenvalue weighted by molar-refractivity contribution is -0.156. The van der Waals surface area contributed by atoms with Gasteiger partial charge in [0.15, 0.2) is 0 Å². The Bertz CT molecular complexity index is 1240. The number of hydrogen-bond donors (Lipinski definition) is 4. The average molecular weight is 565 g/mol. The van der Waals surface area contributed by atoms with E-state index in [1.807, 2.05) is 44.2 Å². The van der Waals surface area contributed by atoms with Crippen molar-refractivity contribution in [2.75, 3.05) is 20.1 Å². The Labute approximate surface area is 239 Å². The summed E-state index contributed by atoms with van der Waals surface area (Å²) in [7, 11) is 0.278. The van der Waals surface area contributed by atoms with Crippen LogP contribution in [0.15, 0.2) is 48.5 Å². The summed E-state index contributed by atoms with van der Waals surface area (Å²) in [5, 5.41) is 18.8. The molecule has 5 atom stereocenters. The zero-order valence-corrected chi connectivity index (χ0v) is 23.6. The minimum atomic E-state index is -1.38. The molecule has 2 fully saturated rings. The number of pyridine rings is 1. The normalized spacial score (nSPS) is 21.6. The minimum absolute atomic E-state index is 0.0107. The van der Waals surface area contributed by atoms with Crippen molar-refractivity contribution >= 4 is 30.9 Å². The van der Waals surface area contributed by atoms with Crippen LogP contribution in [0.3, 0.4) is 0 Å². The van der Waals surface area contributed by atoms with Crippen LogP contribution in [0.2, 0.25) is 0 Å². The van der Waals surface area contributed by atoms with E-state index in [1.165, 1.54) is 13.0 Å². The van der Waals surface area contributed by atoms with Crippen molar-refractivity contribution in [3.05, 3.63) is 54.2 Å². The van der Waals surface area contributed by atoms with Crippen LogP contribution in [0.5, 0.6) is 0 Å². The number of aromatic nitrogens is 1. The molecule has 2 aliphatic rings. The maximum atomic E-state index is 13.4. The van der Waals surface area contributed by atoms with Crippen LogP contribution < -0.4 is 16.0 Å².